The molecule has 0 saturated carbocycles. The molecule has 19 heavy (non-hydrogen) atoms. The minimum absolute atomic E-state index is 0.237. The number of aromatic nitrogens is 1. The number of hydrogen-bond donors (Lipinski definition) is 1. The molecule has 0 spiro atoms. The van der Waals surface area contributed by atoms with Gasteiger partial charge in [-0.2, -0.15) is 0 Å². The van der Waals surface area contributed by atoms with Gasteiger partial charge in [0, 0.05) is 16.0 Å². The van der Waals surface area contributed by atoms with Crippen molar-refractivity contribution in [3.8, 4) is 0 Å². The van der Waals surface area contributed by atoms with Crippen molar-refractivity contribution in [1.82, 2.24) is 4.98 Å². The van der Waals surface area contributed by atoms with Gasteiger partial charge in [-0.1, -0.05) is 23.9 Å². The molecule has 2 N–H and O–H groups in total. The van der Waals surface area contributed by atoms with E-state index in [0.29, 0.717) is 0 Å². The van der Waals surface area contributed by atoms with Gasteiger partial charge in [0.25, 0.3) is 0 Å². The van der Waals surface area contributed by atoms with E-state index in [-0.39, 0.29) is 5.82 Å². The monoisotopic (exact) mass is 270 g/mol. The summed E-state index contributed by atoms with van der Waals surface area (Å²) < 4.78 is 13.1. The number of nitrogens with zero attached hydrogens (tertiary/aromatic N) is 1. The quantitative estimate of drug-likeness (QED) is 0.712. The van der Waals surface area contributed by atoms with Crippen LogP contribution in [0.5, 0.6) is 0 Å². The molecule has 0 radical (unpaired) electrons. The summed E-state index contributed by atoms with van der Waals surface area (Å²) in [6.07, 6.45) is 0. The lowest BCUT2D eigenvalue weighted by atomic mass is 10.2. The number of nitrogens with two attached hydrogens (primary N) is 1. The number of nitrogen functional groups attached to an aromatic ring is 1. The van der Waals surface area contributed by atoms with Crippen LogP contribution in [-0.2, 0) is 0 Å². The summed E-state index contributed by atoms with van der Waals surface area (Å²) in [6, 6.07) is 16.0. The standard InChI is InChI=1S/C15H11FN2S/c16-11-2-1-3-13(9-11)19-15-7-4-10-8-12(17)5-6-14(10)18-15/h1-9H,17H2. The first-order valence-electron chi connectivity index (χ1n) is 5.80. The highest BCUT2D eigenvalue weighted by Crippen LogP contribution is 2.28. The van der Waals surface area contributed by atoms with E-state index < -0.39 is 0 Å². The first kappa shape index (κ1) is 12.0. The smallest absolute Gasteiger partial charge is 0.124 e. The zero-order valence-corrected chi connectivity index (χ0v) is 10.8. The van der Waals surface area contributed by atoms with Gasteiger partial charge in [-0.05, 0) is 42.5 Å². The molecular formula is C15H11FN2S. The van der Waals surface area contributed by atoms with Crippen LogP contribution in [0.25, 0.3) is 10.9 Å². The first-order valence-corrected chi connectivity index (χ1v) is 6.62. The summed E-state index contributed by atoms with van der Waals surface area (Å²) >= 11 is 1.44. The van der Waals surface area contributed by atoms with Gasteiger partial charge in [-0.15, -0.1) is 0 Å². The Hall–Kier alpha value is -2.07. The predicted molar refractivity (Wildman–Crippen MR) is 76.7 cm³/mol. The molecule has 0 aliphatic rings. The molecule has 1 aromatic heterocycles. The zero-order chi connectivity index (χ0) is 13.2. The Bertz CT molecular complexity index is 743. The van der Waals surface area contributed by atoms with Gasteiger partial charge in [-0.25, -0.2) is 9.37 Å². The second-order valence-electron chi connectivity index (χ2n) is 4.16. The molecule has 3 aromatic rings. The molecule has 2 nitrogen and oxygen atoms in total. The zero-order valence-electron chi connectivity index (χ0n) is 10.0. The number of pyridine rings is 1. The Labute approximate surface area is 114 Å². The van der Waals surface area contributed by atoms with Crippen molar-refractivity contribution in [1.29, 1.82) is 0 Å². The Morgan fingerprint density at radius 2 is 1.89 bits per heavy atom. The lowest BCUT2D eigenvalue weighted by molar-refractivity contribution is 0.624. The van der Waals surface area contributed by atoms with Crippen LogP contribution < -0.4 is 5.73 Å². The lowest BCUT2D eigenvalue weighted by Gasteiger charge is -2.04. The second kappa shape index (κ2) is 4.90. The van der Waals surface area contributed by atoms with E-state index in [4.69, 9.17) is 5.73 Å². The number of rotatable bonds is 2. The van der Waals surface area contributed by atoms with Gasteiger partial charge in [-0.3, -0.25) is 0 Å². The minimum Gasteiger partial charge on any atom is -0.399 e. The van der Waals surface area contributed by atoms with Crippen LogP contribution >= 0.6 is 11.8 Å². The number of anilines is 1. The number of benzene rings is 2. The van der Waals surface area contributed by atoms with E-state index in [1.807, 2.05) is 36.4 Å². The molecule has 4 heteroatoms. The molecule has 0 saturated heterocycles. The molecule has 94 valence electrons. The summed E-state index contributed by atoms with van der Waals surface area (Å²) in [5.41, 5.74) is 7.33. The van der Waals surface area contributed by atoms with E-state index in [9.17, 15) is 4.39 Å². The third kappa shape index (κ3) is 2.69. The fraction of sp³-hybridized carbons (Fsp3) is 0. The van der Waals surface area contributed by atoms with Crippen LogP contribution in [0.1, 0.15) is 0 Å². The summed E-state index contributed by atoms with van der Waals surface area (Å²) in [6.45, 7) is 0. The van der Waals surface area contributed by atoms with Crippen molar-refractivity contribution in [2.75, 3.05) is 5.73 Å². The van der Waals surface area contributed by atoms with Crippen LogP contribution in [0.2, 0.25) is 0 Å². The van der Waals surface area contributed by atoms with E-state index in [0.717, 1.165) is 26.5 Å². The van der Waals surface area contributed by atoms with E-state index in [1.54, 1.807) is 6.07 Å². The molecule has 0 aliphatic heterocycles. The molecule has 2 aromatic carbocycles. The molecule has 0 atom stereocenters. The summed E-state index contributed by atoms with van der Waals surface area (Å²) in [7, 11) is 0. The van der Waals surface area contributed by atoms with Gasteiger partial charge in [0.2, 0.25) is 0 Å². The predicted octanol–water partition coefficient (Wildman–Crippen LogP) is 4.11. The van der Waals surface area contributed by atoms with Crippen molar-refractivity contribution in [2.45, 2.75) is 9.92 Å². The van der Waals surface area contributed by atoms with Crippen LogP contribution in [0.3, 0.4) is 0 Å². The summed E-state index contributed by atoms with van der Waals surface area (Å²) in [5.74, 6) is -0.237. The fourth-order valence-electron chi connectivity index (χ4n) is 1.83. The highest BCUT2D eigenvalue weighted by atomic mass is 32.2. The summed E-state index contributed by atoms with van der Waals surface area (Å²) in [4.78, 5) is 5.36. The molecule has 1 heterocycles. The third-order valence-electron chi connectivity index (χ3n) is 2.71. The van der Waals surface area contributed by atoms with Crippen molar-refractivity contribution < 1.29 is 4.39 Å². The van der Waals surface area contributed by atoms with Crippen molar-refractivity contribution >= 4 is 28.4 Å². The maximum Gasteiger partial charge on any atom is 0.124 e. The maximum absolute atomic E-state index is 13.1. The number of halogens is 1. The Balaban J connectivity index is 1.95. The minimum atomic E-state index is -0.237. The van der Waals surface area contributed by atoms with Crippen LogP contribution in [0, 0.1) is 5.82 Å². The second-order valence-corrected chi connectivity index (χ2v) is 5.25. The van der Waals surface area contributed by atoms with Crippen molar-refractivity contribution in [3.05, 3.63) is 60.4 Å². The number of hydrogen-bond acceptors (Lipinski definition) is 3. The Kier molecular flexibility index (Phi) is 3.09. The largest absolute Gasteiger partial charge is 0.399 e. The SMILES string of the molecule is Nc1ccc2nc(Sc3cccc(F)c3)ccc2c1. The molecule has 0 unspecified atom stereocenters. The van der Waals surface area contributed by atoms with Crippen molar-refractivity contribution in [2.24, 2.45) is 0 Å². The van der Waals surface area contributed by atoms with E-state index in [2.05, 4.69) is 4.98 Å². The first-order chi connectivity index (χ1) is 9.20. The van der Waals surface area contributed by atoms with Gasteiger partial charge in [0.05, 0.1) is 5.52 Å². The highest BCUT2D eigenvalue weighted by molar-refractivity contribution is 7.99. The van der Waals surface area contributed by atoms with Crippen LogP contribution in [0.4, 0.5) is 10.1 Å². The van der Waals surface area contributed by atoms with Gasteiger partial charge < -0.3 is 5.73 Å². The normalized spacial score (nSPS) is 10.8. The van der Waals surface area contributed by atoms with Crippen LogP contribution in [-0.4, -0.2) is 4.98 Å². The maximum atomic E-state index is 13.1. The van der Waals surface area contributed by atoms with Gasteiger partial charge >= 0.3 is 0 Å². The summed E-state index contributed by atoms with van der Waals surface area (Å²) in [5, 5.41) is 1.84. The average Bonchev–Trinajstić information content (AvgIpc) is 2.39. The molecular weight excluding hydrogens is 259 g/mol. The fourth-order valence-corrected chi connectivity index (χ4v) is 2.67. The molecule has 0 aliphatic carbocycles. The molecule has 0 fully saturated rings. The molecule has 0 amide bonds. The highest BCUT2D eigenvalue weighted by Gasteiger charge is 2.02. The topological polar surface area (TPSA) is 38.9 Å². The van der Waals surface area contributed by atoms with Gasteiger partial charge in [0.15, 0.2) is 0 Å². The van der Waals surface area contributed by atoms with E-state index in [1.165, 1.54) is 23.9 Å². The Morgan fingerprint density at radius 3 is 2.74 bits per heavy atom. The Morgan fingerprint density at radius 1 is 1.00 bits per heavy atom. The average molecular weight is 270 g/mol. The number of fused-ring (bicyclic) bond motifs is 1. The lowest BCUT2D eigenvalue weighted by Crippen LogP contribution is -1.87. The van der Waals surface area contributed by atoms with Crippen molar-refractivity contribution in [3.63, 3.8) is 0 Å². The van der Waals surface area contributed by atoms with Gasteiger partial charge in [0.1, 0.15) is 10.8 Å². The molecule has 3 rings (SSSR count). The third-order valence-corrected chi connectivity index (χ3v) is 3.63. The van der Waals surface area contributed by atoms with E-state index >= 15 is 0 Å². The van der Waals surface area contributed by atoms with Crippen LogP contribution in [0.15, 0.2) is 64.5 Å². The molecule has 0 bridgehead atoms.